The van der Waals surface area contributed by atoms with E-state index < -0.39 is 17.7 Å². The van der Waals surface area contributed by atoms with Gasteiger partial charge in [-0.25, -0.2) is 0 Å². The van der Waals surface area contributed by atoms with Crippen LogP contribution in [0.2, 0.25) is 0 Å². The molecule has 0 bridgehead atoms. The Labute approximate surface area is 202 Å². The molecule has 6 nitrogen and oxygen atoms in total. The summed E-state index contributed by atoms with van der Waals surface area (Å²) in [6, 6.07) is 12.1. The molecule has 1 fully saturated rings. The van der Waals surface area contributed by atoms with E-state index >= 15 is 0 Å². The number of Topliss-reactive ketones (excluding diaryl/α,β-unsaturated/α-hetero) is 1. The van der Waals surface area contributed by atoms with Crippen molar-refractivity contribution in [2.45, 2.75) is 53.0 Å². The highest BCUT2D eigenvalue weighted by atomic mass is 16.5. The second kappa shape index (κ2) is 10.8. The number of aliphatic hydroxyl groups excluding tert-OH is 1. The maximum Gasteiger partial charge on any atom is 0.295 e. The van der Waals surface area contributed by atoms with Crippen LogP contribution in [-0.2, 0) is 9.59 Å². The van der Waals surface area contributed by atoms with Crippen LogP contribution in [0.3, 0.4) is 0 Å². The lowest BCUT2D eigenvalue weighted by atomic mass is 9.93. The van der Waals surface area contributed by atoms with Crippen molar-refractivity contribution in [3.05, 3.63) is 64.7 Å². The molecule has 6 heteroatoms. The van der Waals surface area contributed by atoms with Crippen LogP contribution in [0.15, 0.2) is 48.0 Å². The van der Waals surface area contributed by atoms with Crippen molar-refractivity contribution in [2.75, 3.05) is 20.3 Å². The number of ether oxygens (including phenoxy) is 2. The Bertz CT molecular complexity index is 1090. The number of carbonyl (C=O) groups excluding carboxylic acids is 2. The third-order valence-corrected chi connectivity index (χ3v) is 5.89. The van der Waals surface area contributed by atoms with Crippen molar-refractivity contribution in [3.8, 4) is 11.5 Å². The quantitative estimate of drug-likeness (QED) is 0.293. The number of likely N-dealkylation sites (tertiary alicyclic amines) is 1. The summed E-state index contributed by atoms with van der Waals surface area (Å²) in [4.78, 5) is 27.7. The average molecular weight is 466 g/mol. The Hall–Kier alpha value is -3.28. The van der Waals surface area contributed by atoms with E-state index in [-0.39, 0.29) is 17.3 Å². The summed E-state index contributed by atoms with van der Waals surface area (Å²) >= 11 is 0. The van der Waals surface area contributed by atoms with Crippen LogP contribution >= 0.6 is 0 Å². The van der Waals surface area contributed by atoms with Gasteiger partial charge < -0.3 is 19.5 Å². The van der Waals surface area contributed by atoms with Crippen LogP contribution in [-0.4, -0.2) is 42.0 Å². The van der Waals surface area contributed by atoms with Crippen molar-refractivity contribution >= 4 is 17.4 Å². The van der Waals surface area contributed by atoms with Crippen LogP contribution in [0.25, 0.3) is 5.76 Å². The molecule has 1 aliphatic rings. The Balaban J connectivity index is 2.15. The topological polar surface area (TPSA) is 76.1 Å². The summed E-state index contributed by atoms with van der Waals surface area (Å²) in [5.74, 6) is 0.436. The van der Waals surface area contributed by atoms with E-state index in [0.29, 0.717) is 42.6 Å². The van der Waals surface area contributed by atoms with E-state index in [9.17, 15) is 14.7 Å². The molecule has 1 unspecified atom stereocenters. The zero-order chi connectivity index (χ0) is 25.0. The number of ketones is 1. The van der Waals surface area contributed by atoms with Gasteiger partial charge in [0.05, 0.1) is 25.3 Å². The minimum absolute atomic E-state index is 0.0966. The smallest absolute Gasteiger partial charge is 0.295 e. The van der Waals surface area contributed by atoms with Gasteiger partial charge in [-0.15, -0.1) is 0 Å². The molecule has 34 heavy (non-hydrogen) atoms. The molecular formula is C28H35NO5. The standard InChI is InChI=1S/C28H35NO5/c1-7-13-29-25(19-9-8-10-21(14-19)34-16-17(2)3)24(27(31)28(29)32)26(30)20-11-12-23(33-6)22(15-20)18(4)5/h8-12,14-15,17-18,25,30H,7,13,16H2,1-6H3/b26-24+. The molecule has 0 aromatic heterocycles. The fraction of sp³-hybridized carbons (Fsp3) is 0.429. The predicted octanol–water partition coefficient (Wildman–Crippen LogP) is 5.69. The van der Waals surface area contributed by atoms with E-state index in [2.05, 4.69) is 13.8 Å². The molecule has 1 N–H and O–H groups in total. The summed E-state index contributed by atoms with van der Waals surface area (Å²) < 4.78 is 11.3. The molecular weight excluding hydrogens is 430 g/mol. The second-order valence-corrected chi connectivity index (χ2v) is 9.38. The molecule has 1 saturated heterocycles. The number of aliphatic hydroxyl groups is 1. The molecule has 1 heterocycles. The molecule has 182 valence electrons. The van der Waals surface area contributed by atoms with E-state index in [1.54, 1.807) is 24.1 Å². The minimum atomic E-state index is -0.688. The predicted molar refractivity (Wildman–Crippen MR) is 133 cm³/mol. The molecule has 0 spiro atoms. The van der Waals surface area contributed by atoms with Gasteiger partial charge in [-0.05, 0) is 59.7 Å². The summed E-state index contributed by atoms with van der Waals surface area (Å²) in [5, 5.41) is 11.3. The van der Waals surface area contributed by atoms with Gasteiger partial charge in [0.2, 0.25) is 0 Å². The van der Waals surface area contributed by atoms with Crippen molar-refractivity contribution < 1.29 is 24.2 Å². The molecule has 2 aromatic carbocycles. The third-order valence-electron chi connectivity index (χ3n) is 5.89. The first kappa shape index (κ1) is 25.3. The van der Waals surface area contributed by atoms with E-state index in [1.807, 2.05) is 51.1 Å². The molecule has 3 rings (SSSR count). The Morgan fingerprint density at radius 1 is 1.09 bits per heavy atom. The molecule has 1 atom stereocenters. The van der Waals surface area contributed by atoms with E-state index in [1.165, 1.54) is 0 Å². The second-order valence-electron chi connectivity index (χ2n) is 9.38. The summed E-state index contributed by atoms with van der Waals surface area (Å²) in [6.45, 7) is 11.1. The molecule has 2 aromatic rings. The largest absolute Gasteiger partial charge is 0.507 e. The monoisotopic (exact) mass is 465 g/mol. The van der Waals surface area contributed by atoms with Crippen LogP contribution in [0.5, 0.6) is 11.5 Å². The number of methoxy groups -OCH3 is 1. The maximum absolute atomic E-state index is 13.2. The van der Waals surface area contributed by atoms with Crippen LogP contribution < -0.4 is 9.47 Å². The van der Waals surface area contributed by atoms with Gasteiger partial charge in [0, 0.05) is 12.1 Å². The van der Waals surface area contributed by atoms with Gasteiger partial charge in [-0.2, -0.15) is 0 Å². The first-order chi connectivity index (χ1) is 16.2. The van der Waals surface area contributed by atoms with E-state index in [0.717, 1.165) is 11.1 Å². The van der Waals surface area contributed by atoms with Gasteiger partial charge in [-0.1, -0.05) is 46.8 Å². The highest BCUT2D eigenvalue weighted by Crippen LogP contribution is 2.41. The highest BCUT2D eigenvalue weighted by Gasteiger charge is 2.45. The number of hydrogen-bond acceptors (Lipinski definition) is 5. The van der Waals surface area contributed by atoms with Crippen LogP contribution in [0, 0.1) is 5.92 Å². The first-order valence-electron chi connectivity index (χ1n) is 11.9. The first-order valence-corrected chi connectivity index (χ1v) is 11.9. The summed E-state index contributed by atoms with van der Waals surface area (Å²) in [6.07, 6.45) is 0.688. The normalized spacial score (nSPS) is 17.6. The number of amides is 1. The van der Waals surface area contributed by atoms with Crippen LogP contribution in [0.4, 0.5) is 0 Å². The number of nitrogens with zero attached hydrogens (tertiary/aromatic N) is 1. The van der Waals surface area contributed by atoms with Gasteiger partial charge in [0.15, 0.2) is 0 Å². The highest BCUT2D eigenvalue weighted by molar-refractivity contribution is 6.46. The lowest BCUT2D eigenvalue weighted by molar-refractivity contribution is -0.139. The summed E-state index contributed by atoms with van der Waals surface area (Å²) in [7, 11) is 1.60. The average Bonchev–Trinajstić information content (AvgIpc) is 3.07. The van der Waals surface area contributed by atoms with Crippen molar-refractivity contribution in [1.29, 1.82) is 0 Å². The summed E-state index contributed by atoms with van der Waals surface area (Å²) in [5.41, 5.74) is 2.22. The molecule has 1 aliphatic heterocycles. The molecule has 0 aliphatic carbocycles. The zero-order valence-corrected chi connectivity index (χ0v) is 20.9. The lowest BCUT2D eigenvalue weighted by Gasteiger charge is -2.25. The van der Waals surface area contributed by atoms with Gasteiger partial charge in [0.1, 0.15) is 17.3 Å². The van der Waals surface area contributed by atoms with Crippen LogP contribution in [0.1, 0.15) is 69.7 Å². The van der Waals surface area contributed by atoms with Gasteiger partial charge in [-0.3, -0.25) is 9.59 Å². The van der Waals surface area contributed by atoms with Crippen molar-refractivity contribution in [2.24, 2.45) is 5.92 Å². The molecule has 0 saturated carbocycles. The van der Waals surface area contributed by atoms with Gasteiger partial charge in [0.25, 0.3) is 11.7 Å². The van der Waals surface area contributed by atoms with E-state index in [4.69, 9.17) is 9.47 Å². The minimum Gasteiger partial charge on any atom is -0.507 e. The number of carbonyl (C=O) groups is 2. The number of benzene rings is 2. The van der Waals surface area contributed by atoms with Crippen molar-refractivity contribution in [1.82, 2.24) is 4.90 Å². The Morgan fingerprint density at radius 3 is 2.44 bits per heavy atom. The molecule has 0 radical (unpaired) electrons. The maximum atomic E-state index is 13.2. The number of rotatable bonds is 9. The zero-order valence-electron chi connectivity index (χ0n) is 20.9. The van der Waals surface area contributed by atoms with Crippen molar-refractivity contribution in [3.63, 3.8) is 0 Å². The lowest BCUT2D eigenvalue weighted by Crippen LogP contribution is -2.30. The fourth-order valence-corrected chi connectivity index (χ4v) is 4.22. The SMILES string of the molecule is CCCN1C(=O)C(=O)/C(=C(/O)c2ccc(OC)c(C(C)C)c2)C1c1cccc(OCC(C)C)c1. The number of hydrogen-bond donors (Lipinski definition) is 1. The Morgan fingerprint density at radius 2 is 1.82 bits per heavy atom. The molecule has 1 amide bonds. The third kappa shape index (κ3) is 5.11. The Kier molecular flexibility index (Phi) is 8.02. The fourth-order valence-electron chi connectivity index (χ4n) is 4.22. The van der Waals surface area contributed by atoms with Gasteiger partial charge >= 0.3 is 0 Å².